The van der Waals surface area contributed by atoms with E-state index >= 15 is 0 Å². The van der Waals surface area contributed by atoms with Crippen molar-refractivity contribution in [1.82, 2.24) is 10.6 Å². The van der Waals surface area contributed by atoms with Crippen molar-refractivity contribution in [3.8, 4) is 0 Å². The molecule has 3 amide bonds. The molecule has 0 aliphatic rings. The van der Waals surface area contributed by atoms with Crippen molar-refractivity contribution in [3.63, 3.8) is 0 Å². The number of ether oxygens (including phenoxy) is 1. The van der Waals surface area contributed by atoms with Gasteiger partial charge in [-0.25, -0.2) is 9.59 Å². The summed E-state index contributed by atoms with van der Waals surface area (Å²) >= 11 is 0. The van der Waals surface area contributed by atoms with E-state index < -0.39 is 34.8 Å². The molecule has 1 rings (SSSR count). The molecule has 2 N–H and O–H groups in total. The number of hydrogen-bond donors (Lipinski definition) is 2. The quantitative estimate of drug-likeness (QED) is 0.758. The SMILES string of the molecule is CCNC(=O)NC(=O)[C@H](C)OC(=O)c1ccccc1[S@](=O)CC. The van der Waals surface area contributed by atoms with E-state index in [1.807, 2.05) is 0 Å². The van der Waals surface area contributed by atoms with E-state index in [4.69, 9.17) is 4.74 Å². The summed E-state index contributed by atoms with van der Waals surface area (Å²) in [6.07, 6.45) is -1.16. The van der Waals surface area contributed by atoms with Crippen LogP contribution in [0, 0.1) is 0 Å². The van der Waals surface area contributed by atoms with E-state index in [1.165, 1.54) is 13.0 Å². The van der Waals surface area contributed by atoms with E-state index in [-0.39, 0.29) is 5.56 Å². The van der Waals surface area contributed by atoms with Gasteiger partial charge in [-0.15, -0.1) is 0 Å². The molecule has 1 aromatic carbocycles. The van der Waals surface area contributed by atoms with Gasteiger partial charge in [0.15, 0.2) is 6.10 Å². The monoisotopic (exact) mass is 340 g/mol. The fourth-order valence-corrected chi connectivity index (χ4v) is 2.62. The average molecular weight is 340 g/mol. The maximum Gasteiger partial charge on any atom is 0.340 e. The van der Waals surface area contributed by atoms with Gasteiger partial charge in [0, 0.05) is 12.3 Å². The number of esters is 1. The second-order valence-electron chi connectivity index (χ2n) is 4.53. The molecular formula is C15H20N2O5S. The minimum absolute atomic E-state index is 0.144. The van der Waals surface area contributed by atoms with Gasteiger partial charge in [-0.1, -0.05) is 19.1 Å². The lowest BCUT2D eigenvalue weighted by Crippen LogP contribution is -2.44. The lowest BCUT2D eigenvalue weighted by Gasteiger charge is -2.14. The molecule has 126 valence electrons. The Morgan fingerprint density at radius 1 is 1.22 bits per heavy atom. The van der Waals surface area contributed by atoms with E-state index in [0.717, 1.165) is 0 Å². The van der Waals surface area contributed by atoms with Crippen LogP contribution in [-0.4, -0.2) is 40.5 Å². The minimum Gasteiger partial charge on any atom is -0.449 e. The summed E-state index contributed by atoms with van der Waals surface area (Å²) in [5.74, 6) is -1.14. The van der Waals surface area contributed by atoms with Crippen molar-refractivity contribution in [3.05, 3.63) is 29.8 Å². The van der Waals surface area contributed by atoms with Crippen molar-refractivity contribution < 1.29 is 23.3 Å². The molecule has 0 heterocycles. The number of amides is 3. The highest BCUT2D eigenvalue weighted by atomic mass is 32.2. The Labute approximate surface area is 137 Å². The van der Waals surface area contributed by atoms with Crippen molar-refractivity contribution >= 4 is 28.7 Å². The fourth-order valence-electron chi connectivity index (χ4n) is 1.69. The first-order valence-electron chi connectivity index (χ1n) is 7.17. The van der Waals surface area contributed by atoms with Gasteiger partial charge in [-0.05, 0) is 26.0 Å². The van der Waals surface area contributed by atoms with Crippen LogP contribution < -0.4 is 10.6 Å². The molecule has 0 radical (unpaired) electrons. The van der Waals surface area contributed by atoms with Crippen LogP contribution in [0.1, 0.15) is 31.1 Å². The minimum atomic E-state index is -1.33. The molecule has 0 saturated heterocycles. The van der Waals surface area contributed by atoms with Crippen LogP contribution in [0.5, 0.6) is 0 Å². The molecule has 2 atom stereocenters. The number of nitrogens with one attached hydrogen (secondary N) is 2. The number of imide groups is 1. The molecular weight excluding hydrogens is 320 g/mol. The molecule has 7 nitrogen and oxygen atoms in total. The Morgan fingerprint density at radius 3 is 2.48 bits per heavy atom. The number of carbonyl (C=O) groups is 3. The van der Waals surface area contributed by atoms with Gasteiger partial charge < -0.3 is 10.1 Å². The second-order valence-corrected chi connectivity index (χ2v) is 6.23. The van der Waals surface area contributed by atoms with E-state index in [9.17, 15) is 18.6 Å². The van der Waals surface area contributed by atoms with Gasteiger partial charge in [0.05, 0.1) is 21.3 Å². The third kappa shape index (κ3) is 5.48. The largest absolute Gasteiger partial charge is 0.449 e. The highest BCUT2D eigenvalue weighted by molar-refractivity contribution is 7.85. The zero-order chi connectivity index (χ0) is 17.4. The zero-order valence-corrected chi connectivity index (χ0v) is 14.1. The summed E-state index contributed by atoms with van der Waals surface area (Å²) < 4.78 is 17.0. The lowest BCUT2D eigenvalue weighted by atomic mass is 10.2. The predicted molar refractivity (Wildman–Crippen MR) is 85.5 cm³/mol. The topological polar surface area (TPSA) is 102 Å². The van der Waals surface area contributed by atoms with E-state index in [0.29, 0.717) is 17.2 Å². The second kappa shape index (κ2) is 9.04. The van der Waals surface area contributed by atoms with Gasteiger partial charge in [-0.2, -0.15) is 0 Å². The summed E-state index contributed by atoms with van der Waals surface area (Å²) in [4.78, 5) is 35.6. The molecule has 0 aliphatic heterocycles. The lowest BCUT2D eigenvalue weighted by molar-refractivity contribution is -0.127. The highest BCUT2D eigenvalue weighted by Crippen LogP contribution is 2.15. The fraction of sp³-hybridized carbons (Fsp3) is 0.400. The van der Waals surface area contributed by atoms with Gasteiger partial charge >= 0.3 is 12.0 Å². The molecule has 0 aromatic heterocycles. The van der Waals surface area contributed by atoms with Crippen molar-refractivity contribution in [2.24, 2.45) is 0 Å². The summed E-state index contributed by atoms with van der Waals surface area (Å²) in [6.45, 7) is 5.16. The first kappa shape index (κ1) is 18.8. The Kier molecular flexibility index (Phi) is 7.40. The molecule has 8 heteroatoms. The molecule has 0 spiro atoms. The third-order valence-electron chi connectivity index (χ3n) is 2.84. The Balaban J connectivity index is 2.78. The molecule has 1 aromatic rings. The average Bonchev–Trinajstić information content (AvgIpc) is 2.54. The molecule has 0 bridgehead atoms. The summed E-state index contributed by atoms with van der Waals surface area (Å²) in [6, 6.07) is 5.69. The number of benzene rings is 1. The molecule has 0 saturated carbocycles. The zero-order valence-electron chi connectivity index (χ0n) is 13.3. The molecule has 0 unspecified atom stereocenters. The van der Waals surface area contributed by atoms with Gasteiger partial charge in [0.2, 0.25) is 0 Å². The van der Waals surface area contributed by atoms with Gasteiger partial charge in [-0.3, -0.25) is 14.3 Å². The number of carbonyl (C=O) groups excluding carboxylic acids is 3. The van der Waals surface area contributed by atoms with Crippen molar-refractivity contribution in [1.29, 1.82) is 0 Å². The van der Waals surface area contributed by atoms with Crippen LogP contribution in [-0.2, 0) is 20.3 Å². The normalized spacial score (nSPS) is 12.8. The molecule has 0 fully saturated rings. The van der Waals surface area contributed by atoms with Crippen molar-refractivity contribution in [2.75, 3.05) is 12.3 Å². The first-order valence-corrected chi connectivity index (χ1v) is 8.49. The van der Waals surface area contributed by atoms with Crippen LogP contribution in [0.3, 0.4) is 0 Å². The maximum atomic E-state index is 12.2. The van der Waals surface area contributed by atoms with Crippen LogP contribution in [0.15, 0.2) is 29.2 Å². The maximum absolute atomic E-state index is 12.2. The van der Waals surface area contributed by atoms with Gasteiger partial charge in [0.1, 0.15) is 0 Å². The number of urea groups is 1. The summed E-state index contributed by atoms with van der Waals surface area (Å²) in [5.41, 5.74) is 0.144. The third-order valence-corrected chi connectivity index (χ3v) is 4.21. The first-order chi connectivity index (χ1) is 10.9. The Hall–Kier alpha value is -2.22. The van der Waals surface area contributed by atoms with Crippen LogP contribution in [0.25, 0.3) is 0 Å². The molecule has 23 heavy (non-hydrogen) atoms. The highest BCUT2D eigenvalue weighted by Gasteiger charge is 2.23. The van der Waals surface area contributed by atoms with Crippen LogP contribution in [0.2, 0.25) is 0 Å². The number of hydrogen-bond acceptors (Lipinski definition) is 5. The standard InChI is InChI=1S/C15H20N2O5S/c1-4-16-15(20)17-13(18)10(3)22-14(19)11-8-6-7-9-12(11)23(21)5-2/h6-10H,4-5H2,1-3H3,(H2,16,17,18,20)/t10-,23+/m0/s1. The van der Waals surface area contributed by atoms with E-state index in [2.05, 4.69) is 10.6 Å². The number of rotatable bonds is 6. The van der Waals surface area contributed by atoms with E-state index in [1.54, 1.807) is 32.0 Å². The van der Waals surface area contributed by atoms with Crippen LogP contribution >= 0.6 is 0 Å². The summed E-state index contributed by atoms with van der Waals surface area (Å²) in [7, 11) is -1.33. The van der Waals surface area contributed by atoms with Crippen molar-refractivity contribution in [2.45, 2.75) is 31.8 Å². The molecule has 0 aliphatic carbocycles. The smallest absolute Gasteiger partial charge is 0.340 e. The van der Waals surface area contributed by atoms with Crippen LogP contribution in [0.4, 0.5) is 4.79 Å². The predicted octanol–water partition coefficient (Wildman–Crippen LogP) is 1.21. The summed E-state index contributed by atoms with van der Waals surface area (Å²) in [5, 5.41) is 4.46. The Morgan fingerprint density at radius 2 is 1.87 bits per heavy atom. The van der Waals surface area contributed by atoms with Gasteiger partial charge in [0.25, 0.3) is 5.91 Å². The Bertz CT molecular complexity index is 618.